The second kappa shape index (κ2) is 10.1. The Bertz CT molecular complexity index is 1030. The number of para-hydroxylation sites is 1. The number of nitrogens with one attached hydrogen (secondary N) is 3. The highest BCUT2D eigenvalue weighted by Gasteiger charge is 2.23. The maximum absolute atomic E-state index is 12.7. The van der Waals surface area contributed by atoms with Crippen LogP contribution < -0.4 is 20.9 Å². The summed E-state index contributed by atoms with van der Waals surface area (Å²) in [6.07, 6.45) is 5.52. The predicted octanol–water partition coefficient (Wildman–Crippen LogP) is 4.75. The van der Waals surface area contributed by atoms with Crippen LogP contribution in [0, 0.1) is 0 Å². The molecule has 0 atom stereocenters. The van der Waals surface area contributed by atoms with E-state index in [2.05, 4.69) is 25.9 Å². The molecule has 0 aliphatic heterocycles. The first kappa shape index (κ1) is 21.6. The largest absolute Gasteiger partial charge is 0.363 e. The van der Waals surface area contributed by atoms with Crippen LogP contribution in [-0.2, 0) is 0 Å². The lowest BCUT2D eigenvalue weighted by Crippen LogP contribution is -2.42. The van der Waals surface area contributed by atoms with Crippen LogP contribution in [0.5, 0.6) is 0 Å². The Labute approximate surface area is 189 Å². The van der Waals surface area contributed by atoms with E-state index < -0.39 is 0 Å². The van der Waals surface area contributed by atoms with E-state index in [0.29, 0.717) is 12.0 Å². The van der Waals surface area contributed by atoms with Crippen LogP contribution >= 0.6 is 0 Å². The van der Waals surface area contributed by atoms with Crippen LogP contribution in [0.15, 0.2) is 66.9 Å². The summed E-state index contributed by atoms with van der Waals surface area (Å²) in [4.78, 5) is 23.5. The monoisotopic (exact) mass is 430 g/mol. The number of carbonyl (C=O) groups excluding carboxylic acids is 1. The molecular weight excluding hydrogens is 400 g/mol. The van der Waals surface area contributed by atoms with Crippen molar-refractivity contribution in [2.75, 3.05) is 29.6 Å². The standard InChI is InChI=1S/C25H30N6O/c1-31(2)23-16-17-26-24(30-23)27-19-12-14-20(15-13-19)28-25(32)29-22-11-7-6-10-21(22)18-8-4-3-5-9-18/h3-11,16-17,19-20H,12-15H2,1-2H3,(H,26,27,30)(H2,28,29,32). The van der Waals surface area contributed by atoms with Gasteiger partial charge in [-0.3, -0.25) is 0 Å². The Hall–Kier alpha value is -3.61. The molecule has 1 saturated carbocycles. The maximum Gasteiger partial charge on any atom is 0.319 e. The molecule has 0 spiro atoms. The lowest BCUT2D eigenvalue weighted by Gasteiger charge is -2.30. The summed E-state index contributed by atoms with van der Waals surface area (Å²) in [5.74, 6) is 1.54. The number of rotatable bonds is 6. The first-order chi connectivity index (χ1) is 15.6. The molecule has 0 unspecified atom stereocenters. The first-order valence-electron chi connectivity index (χ1n) is 11.1. The summed E-state index contributed by atoms with van der Waals surface area (Å²) >= 11 is 0. The molecule has 166 valence electrons. The molecule has 1 aliphatic carbocycles. The molecule has 4 rings (SSSR count). The lowest BCUT2D eigenvalue weighted by atomic mass is 9.91. The van der Waals surface area contributed by atoms with Crippen LogP contribution in [0.4, 0.5) is 22.2 Å². The van der Waals surface area contributed by atoms with Gasteiger partial charge in [0, 0.05) is 37.9 Å². The van der Waals surface area contributed by atoms with Crippen LogP contribution in [0.1, 0.15) is 25.7 Å². The third-order valence-corrected chi connectivity index (χ3v) is 5.75. The second-order valence-electron chi connectivity index (χ2n) is 8.34. The number of amides is 2. The van der Waals surface area contributed by atoms with Gasteiger partial charge in [0.2, 0.25) is 5.95 Å². The summed E-state index contributed by atoms with van der Waals surface area (Å²) in [7, 11) is 3.93. The van der Waals surface area contributed by atoms with Crippen LogP contribution in [-0.4, -0.2) is 42.2 Å². The average Bonchev–Trinajstić information content (AvgIpc) is 2.81. The van der Waals surface area contributed by atoms with E-state index in [1.165, 1.54) is 0 Å². The van der Waals surface area contributed by atoms with Gasteiger partial charge in [-0.05, 0) is 43.4 Å². The fraction of sp³-hybridized carbons (Fsp3) is 0.320. The molecule has 0 radical (unpaired) electrons. The van der Waals surface area contributed by atoms with Crippen LogP contribution in [0.2, 0.25) is 0 Å². The van der Waals surface area contributed by atoms with Gasteiger partial charge in [-0.25, -0.2) is 9.78 Å². The highest BCUT2D eigenvalue weighted by Crippen LogP contribution is 2.28. The third-order valence-electron chi connectivity index (χ3n) is 5.75. The molecule has 2 amide bonds. The SMILES string of the molecule is CN(C)c1ccnc(NC2CCC(NC(=O)Nc3ccccc3-c3ccccc3)CC2)n1. The molecule has 1 heterocycles. The van der Waals surface area contributed by atoms with Gasteiger partial charge in [0.15, 0.2) is 0 Å². The van der Waals surface area contributed by atoms with E-state index in [-0.39, 0.29) is 12.1 Å². The Morgan fingerprint density at radius 2 is 1.59 bits per heavy atom. The van der Waals surface area contributed by atoms with Crippen molar-refractivity contribution in [2.45, 2.75) is 37.8 Å². The molecule has 3 aromatic rings. The lowest BCUT2D eigenvalue weighted by molar-refractivity contribution is 0.243. The third kappa shape index (κ3) is 5.55. The molecule has 7 nitrogen and oxygen atoms in total. The molecule has 1 fully saturated rings. The molecule has 0 saturated heterocycles. The summed E-state index contributed by atoms with van der Waals surface area (Å²) in [5.41, 5.74) is 2.90. The highest BCUT2D eigenvalue weighted by atomic mass is 16.2. The Morgan fingerprint density at radius 1 is 0.906 bits per heavy atom. The summed E-state index contributed by atoms with van der Waals surface area (Å²) in [6, 6.07) is 20.2. The van der Waals surface area contributed by atoms with Gasteiger partial charge in [-0.15, -0.1) is 0 Å². The zero-order valence-corrected chi connectivity index (χ0v) is 18.6. The maximum atomic E-state index is 12.7. The Morgan fingerprint density at radius 3 is 2.34 bits per heavy atom. The van der Waals surface area contributed by atoms with Crippen molar-refractivity contribution in [1.82, 2.24) is 15.3 Å². The van der Waals surface area contributed by atoms with Gasteiger partial charge >= 0.3 is 6.03 Å². The molecular formula is C25H30N6O. The topological polar surface area (TPSA) is 82.2 Å². The number of carbonyl (C=O) groups is 1. The molecule has 1 aromatic heterocycles. The van der Waals surface area contributed by atoms with E-state index >= 15 is 0 Å². The van der Waals surface area contributed by atoms with Crippen molar-refractivity contribution >= 4 is 23.5 Å². The van der Waals surface area contributed by atoms with Crippen LogP contribution in [0.3, 0.4) is 0 Å². The number of nitrogens with zero attached hydrogens (tertiary/aromatic N) is 3. The molecule has 0 bridgehead atoms. The van der Waals surface area contributed by atoms with Crippen molar-refractivity contribution in [3.8, 4) is 11.1 Å². The smallest absolute Gasteiger partial charge is 0.319 e. The van der Waals surface area contributed by atoms with Crippen molar-refractivity contribution in [3.05, 3.63) is 66.9 Å². The zero-order valence-electron chi connectivity index (χ0n) is 18.6. The Kier molecular flexibility index (Phi) is 6.84. The Balaban J connectivity index is 1.29. The van der Waals surface area contributed by atoms with Gasteiger partial charge in [0.1, 0.15) is 5.82 Å². The quantitative estimate of drug-likeness (QED) is 0.526. The summed E-state index contributed by atoms with van der Waals surface area (Å²) in [6.45, 7) is 0. The summed E-state index contributed by atoms with van der Waals surface area (Å²) in [5, 5.41) is 9.61. The average molecular weight is 431 g/mol. The predicted molar refractivity (Wildman–Crippen MR) is 130 cm³/mol. The molecule has 32 heavy (non-hydrogen) atoms. The van der Waals surface area contributed by atoms with Crippen molar-refractivity contribution in [2.24, 2.45) is 0 Å². The number of benzene rings is 2. The number of hydrogen-bond donors (Lipinski definition) is 3. The van der Waals surface area contributed by atoms with E-state index in [0.717, 1.165) is 48.3 Å². The van der Waals surface area contributed by atoms with E-state index in [1.54, 1.807) is 6.20 Å². The van der Waals surface area contributed by atoms with Gasteiger partial charge in [-0.1, -0.05) is 48.5 Å². The van der Waals surface area contributed by atoms with Gasteiger partial charge in [0.25, 0.3) is 0 Å². The van der Waals surface area contributed by atoms with E-state index in [4.69, 9.17) is 0 Å². The van der Waals surface area contributed by atoms with Crippen molar-refractivity contribution < 1.29 is 4.79 Å². The molecule has 7 heteroatoms. The minimum absolute atomic E-state index is 0.158. The molecule has 1 aliphatic rings. The minimum Gasteiger partial charge on any atom is -0.363 e. The fourth-order valence-corrected chi connectivity index (χ4v) is 4.04. The van der Waals surface area contributed by atoms with E-state index in [9.17, 15) is 4.79 Å². The van der Waals surface area contributed by atoms with Crippen molar-refractivity contribution in [3.63, 3.8) is 0 Å². The highest BCUT2D eigenvalue weighted by molar-refractivity contribution is 5.94. The van der Waals surface area contributed by atoms with E-state index in [1.807, 2.05) is 79.7 Å². The first-order valence-corrected chi connectivity index (χ1v) is 11.1. The summed E-state index contributed by atoms with van der Waals surface area (Å²) < 4.78 is 0. The van der Waals surface area contributed by atoms with Gasteiger partial charge in [0.05, 0.1) is 5.69 Å². The fourth-order valence-electron chi connectivity index (χ4n) is 4.04. The minimum atomic E-state index is -0.160. The van der Waals surface area contributed by atoms with Gasteiger partial charge < -0.3 is 20.9 Å². The number of hydrogen-bond acceptors (Lipinski definition) is 5. The van der Waals surface area contributed by atoms with Crippen LogP contribution in [0.25, 0.3) is 11.1 Å². The van der Waals surface area contributed by atoms with Gasteiger partial charge in [-0.2, -0.15) is 4.98 Å². The number of aromatic nitrogens is 2. The van der Waals surface area contributed by atoms with Crippen molar-refractivity contribution in [1.29, 1.82) is 0 Å². The number of anilines is 3. The second-order valence-corrected chi connectivity index (χ2v) is 8.34. The zero-order chi connectivity index (χ0) is 22.3. The molecule has 2 aromatic carbocycles. The molecule has 3 N–H and O–H groups in total. The number of urea groups is 1. The normalized spacial score (nSPS) is 17.9.